The maximum Gasteiger partial charge on any atom is 0.352 e. The van der Waals surface area contributed by atoms with Gasteiger partial charge >= 0.3 is 5.97 Å². The largest absolute Gasteiger partial charge is 0.477 e. The second-order valence-corrected chi connectivity index (χ2v) is 7.79. The molecule has 0 bridgehead atoms. The number of carboxylic acids is 1. The number of nitrogens with one attached hydrogen (secondary N) is 1. The van der Waals surface area contributed by atoms with Crippen LogP contribution in [0.4, 0.5) is 5.69 Å². The fourth-order valence-corrected chi connectivity index (χ4v) is 4.06. The first kappa shape index (κ1) is 19.3. The summed E-state index contributed by atoms with van der Waals surface area (Å²) in [6.45, 7) is 4.79. The molecule has 0 unspecified atom stereocenters. The molecular formula is C22H22ClN3O3. The number of carbonyl (C=O) groups excluding carboxylic acids is 1. The highest BCUT2D eigenvalue weighted by Gasteiger charge is 2.25. The van der Waals surface area contributed by atoms with E-state index in [1.807, 2.05) is 6.07 Å². The molecule has 0 radical (unpaired) electrons. The van der Waals surface area contributed by atoms with Gasteiger partial charge in [-0.1, -0.05) is 23.7 Å². The van der Waals surface area contributed by atoms with Crippen LogP contribution in [0.25, 0.3) is 10.9 Å². The summed E-state index contributed by atoms with van der Waals surface area (Å²) in [4.78, 5) is 31.6. The molecule has 2 aromatic carbocycles. The van der Waals surface area contributed by atoms with E-state index in [0.717, 1.165) is 18.8 Å². The Morgan fingerprint density at radius 3 is 2.55 bits per heavy atom. The quantitative estimate of drug-likeness (QED) is 0.686. The van der Waals surface area contributed by atoms with Crippen LogP contribution in [0.1, 0.15) is 21.6 Å². The first-order valence-corrected chi connectivity index (χ1v) is 9.93. The summed E-state index contributed by atoms with van der Waals surface area (Å²) >= 11 is 6.09. The Labute approximate surface area is 173 Å². The summed E-state index contributed by atoms with van der Waals surface area (Å²) in [7, 11) is 0. The molecule has 0 atom stereocenters. The van der Waals surface area contributed by atoms with Crippen molar-refractivity contribution < 1.29 is 14.7 Å². The molecule has 0 saturated carbocycles. The average molecular weight is 412 g/mol. The molecule has 1 aliphatic rings. The van der Waals surface area contributed by atoms with Crippen molar-refractivity contribution in [2.24, 2.45) is 0 Å². The van der Waals surface area contributed by atoms with Crippen LogP contribution in [-0.2, 0) is 11.2 Å². The molecule has 4 rings (SSSR count). The zero-order valence-electron chi connectivity index (χ0n) is 16.1. The van der Waals surface area contributed by atoms with Crippen LogP contribution in [0.5, 0.6) is 0 Å². The lowest BCUT2D eigenvalue weighted by Gasteiger charge is -2.36. The second kappa shape index (κ2) is 7.79. The van der Waals surface area contributed by atoms with E-state index in [1.165, 1.54) is 5.56 Å². The Balaban J connectivity index is 1.50. The minimum Gasteiger partial charge on any atom is -0.477 e. The normalized spacial score (nSPS) is 14.4. The molecule has 1 fully saturated rings. The van der Waals surface area contributed by atoms with Crippen LogP contribution in [0, 0.1) is 6.92 Å². The number of anilines is 1. The molecule has 1 saturated heterocycles. The third-order valence-corrected chi connectivity index (χ3v) is 5.64. The number of aromatic nitrogens is 1. The molecule has 29 heavy (non-hydrogen) atoms. The average Bonchev–Trinajstić information content (AvgIpc) is 3.06. The topological polar surface area (TPSA) is 76.6 Å². The second-order valence-electron chi connectivity index (χ2n) is 7.36. The number of nitrogens with zero attached hydrogens (tertiary/aromatic N) is 2. The molecule has 1 aliphatic heterocycles. The predicted octanol–water partition coefficient (Wildman–Crippen LogP) is 3.72. The highest BCUT2D eigenvalue weighted by atomic mass is 35.5. The number of carboxylic acid groups (broad SMARTS) is 1. The number of aromatic amines is 1. The van der Waals surface area contributed by atoms with E-state index >= 15 is 0 Å². The van der Waals surface area contributed by atoms with Crippen LogP contribution in [0.15, 0.2) is 42.5 Å². The van der Waals surface area contributed by atoms with Crippen molar-refractivity contribution in [3.05, 3.63) is 64.3 Å². The molecule has 2 N–H and O–H groups in total. The standard InChI is InChI=1S/C22H22ClN3O3/c1-14-3-2-4-16(11-14)25-7-9-26(10-8-25)20(27)13-18-17-12-15(23)5-6-19(17)24-21(18)22(28)29/h2-6,11-12,24H,7-10,13H2,1H3,(H,28,29). The van der Waals surface area contributed by atoms with Crippen molar-refractivity contribution >= 4 is 40.1 Å². The van der Waals surface area contributed by atoms with E-state index in [4.69, 9.17) is 11.6 Å². The number of hydrogen-bond acceptors (Lipinski definition) is 3. The fourth-order valence-electron chi connectivity index (χ4n) is 3.89. The summed E-state index contributed by atoms with van der Waals surface area (Å²) < 4.78 is 0. The van der Waals surface area contributed by atoms with Gasteiger partial charge in [-0.3, -0.25) is 4.79 Å². The Morgan fingerprint density at radius 1 is 1.10 bits per heavy atom. The van der Waals surface area contributed by atoms with Gasteiger partial charge in [-0.15, -0.1) is 0 Å². The summed E-state index contributed by atoms with van der Waals surface area (Å²) in [5.74, 6) is -1.15. The number of H-pyrrole nitrogens is 1. The van der Waals surface area contributed by atoms with Crippen molar-refractivity contribution in [2.75, 3.05) is 31.1 Å². The van der Waals surface area contributed by atoms with Gasteiger partial charge in [0.1, 0.15) is 5.69 Å². The Bertz CT molecular complexity index is 1080. The highest BCUT2D eigenvalue weighted by Crippen LogP contribution is 2.27. The van der Waals surface area contributed by atoms with E-state index in [9.17, 15) is 14.7 Å². The van der Waals surface area contributed by atoms with E-state index in [1.54, 1.807) is 23.1 Å². The van der Waals surface area contributed by atoms with Gasteiger partial charge in [0.15, 0.2) is 0 Å². The van der Waals surface area contributed by atoms with Crippen molar-refractivity contribution in [3.8, 4) is 0 Å². The molecule has 2 heterocycles. The summed E-state index contributed by atoms with van der Waals surface area (Å²) in [6, 6.07) is 13.5. The number of halogens is 1. The van der Waals surface area contributed by atoms with Crippen LogP contribution < -0.4 is 4.90 Å². The van der Waals surface area contributed by atoms with Gasteiger partial charge in [-0.05, 0) is 42.8 Å². The smallest absolute Gasteiger partial charge is 0.352 e. The van der Waals surface area contributed by atoms with Crippen LogP contribution >= 0.6 is 11.6 Å². The van der Waals surface area contributed by atoms with Gasteiger partial charge < -0.3 is 19.9 Å². The van der Waals surface area contributed by atoms with Crippen molar-refractivity contribution in [3.63, 3.8) is 0 Å². The molecule has 6 nitrogen and oxygen atoms in total. The lowest BCUT2D eigenvalue weighted by molar-refractivity contribution is -0.130. The third-order valence-electron chi connectivity index (χ3n) is 5.41. The van der Waals surface area contributed by atoms with Gasteiger partial charge in [0, 0.05) is 53.4 Å². The Hall–Kier alpha value is -2.99. The zero-order chi connectivity index (χ0) is 20.5. The summed E-state index contributed by atoms with van der Waals surface area (Å²) in [5.41, 5.74) is 3.57. The minimum atomic E-state index is -1.08. The number of aryl methyl sites for hydroxylation is 1. The number of piperazine rings is 1. The number of rotatable bonds is 4. The van der Waals surface area contributed by atoms with Gasteiger partial charge in [0.2, 0.25) is 5.91 Å². The first-order valence-electron chi connectivity index (χ1n) is 9.55. The predicted molar refractivity (Wildman–Crippen MR) is 114 cm³/mol. The number of hydrogen-bond donors (Lipinski definition) is 2. The molecule has 150 valence electrons. The van der Waals surface area contributed by atoms with Crippen molar-refractivity contribution in [1.82, 2.24) is 9.88 Å². The third kappa shape index (κ3) is 3.93. The highest BCUT2D eigenvalue weighted by molar-refractivity contribution is 6.31. The van der Waals surface area contributed by atoms with Gasteiger partial charge in [0.25, 0.3) is 0 Å². The van der Waals surface area contributed by atoms with Gasteiger partial charge in [0.05, 0.1) is 6.42 Å². The van der Waals surface area contributed by atoms with Crippen LogP contribution in [-0.4, -0.2) is 53.0 Å². The lowest BCUT2D eigenvalue weighted by atomic mass is 10.1. The zero-order valence-corrected chi connectivity index (χ0v) is 16.9. The molecular weight excluding hydrogens is 390 g/mol. The monoisotopic (exact) mass is 411 g/mol. The summed E-state index contributed by atoms with van der Waals surface area (Å²) in [6.07, 6.45) is 0.0341. The number of aromatic carboxylic acids is 1. The van der Waals surface area contributed by atoms with Crippen LogP contribution in [0.3, 0.4) is 0 Å². The van der Waals surface area contributed by atoms with Gasteiger partial charge in [-0.25, -0.2) is 4.79 Å². The maximum absolute atomic E-state index is 12.9. The Morgan fingerprint density at radius 2 is 1.86 bits per heavy atom. The molecule has 3 aromatic rings. The Kier molecular flexibility index (Phi) is 5.20. The molecule has 1 amide bonds. The SMILES string of the molecule is Cc1cccc(N2CCN(C(=O)Cc3c(C(=O)O)[nH]c4ccc(Cl)cc34)CC2)c1. The van der Waals surface area contributed by atoms with E-state index in [2.05, 4.69) is 35.0 Å². The first-order chi connectivity index (χ1) is 13.9. The molecule has 0 aliphatic carbocycles. The summed E-state index contributed by atoms with van der Waals surface area (Å²) in [5, 5.41) is 10.7. The molecule has 0 spiro atoms. The molecule has 1 aromatic heterocycles. The number of fused-ring (bicyclic) bond motifs is 1. The lowest BCUT2D eigenvalue weighted by Crippen LogP contribution is -2.49. The van der Waals surface area contributed by atoms with E-state index in [0.29, 0.717) is 34.6 Å². The fraction of sp³-hybridized carbons (Fsp3) is 0.273. The van der Waals surface area contributed by atoms with E-state index in [-0.39, 0.29) is 18.0 Å². The van der Waals surface area contributed by atoms with Crippen molar-refractivity contribution in [1.29, 1.82) is 0 Å². The minimum absolute atomic E-state index is 0.0341. The number of carbonyl (C=O) groups is 2. The van der Waals surface area contributed by atoms with Crippen molar-refractivity contribution in [2.45, 2.75) is 13.3 Å². The molecule has 7 heteroatoms. The number of amides is 1. The maximum atomic E-state index is 12.9. The van der Waals surface area contributed by atoms with Crippen LogP contribution in [0.2, 0.25) is 5.02 Å². The van der Waals surface area contributed by atoms with E-state index < -0.39 is 5.97 Å². The number of benzene rings is 2. The van der Waals surface area contributed by atoms with Gasteiger partial charge in [-0.2, -0.15) is 0 Å².